The normalized spacial score (nSPS) is 10.7. The summed E-state index contributed by atoms with van der Waals surface area (Å²) >= 11 is 0. The summed E-state index contributed by atoms with van der Waals surface area (Å²) in [5.74, 6) is 3.30. The topological polar surface area (TPSA) is 47.0 Å². The second kappa shape index (κ2) is 5.90. The molecule has 0 aliphatic heterocycles. The van der Waals surface area contributed by atoms with Gasteiger partial charge in [0.25, 0.3) is 0 Å². The highest BCUT2D eigenvalue weighted by atomic mass is 16.5. The second-order valence-electron chi connectivity index (χ2n) is 5.16. The molecule has 2 aromatic rings. The van der Waals surface area contributed by atoms with Crippen molar-refractivity contribution in [1.29, 1.82) is 0 Å². The smallest absolute Gasteiger partial charge is 0.224 e. The van der Waals surface area contributed by atoms with E-state index in [1.165, 1.54) is 11.1 Å². The summed E-state index contributed by atoms with van der Waals surface area (Å²) in [6.07, 6.45) is 0. The Kier molecular flexibility index (Phi) is 4.23. The third kappa shape index (κ3) is 3.26. The van der Waals surface area contributed by atoms with E-state index in [-0.39, 0.29) is 0 Å². The molecule has 0 bridgehead atoms. The maximum atomic E-state index is 5.83. The summed E-state index contributed by atoms with van der Waals surface area (Å²) < 4.78 is 5.83. The number of rotatable bonds is 4. The lowest BCUT2D eigenvalue weighted by Gasteiger charge is -2.12. The number of benzene rings is 1. The number of anilines is 1. The molecule has 1 aromatic carbocycles. The Morgan fingerprint density at radius 2 is 1.85 bits per heavy atom. The predicted octanol–water partition coefficient (Wildman–Crippen LogP) is 4.05. The number of aromatic nitrogens is 2. The van der Waals surface area contributed by atoms with Gasteiger partial charge in [-0.25, -0.2) is 4.98 Å². The molecule has 0 aliphatic rings. The van der Waals surface area contributed by atoms with E-state index in [0.29, 0.717) is 17.6 Å². The zero-order valence-electron chi connectivity index (χ0n) is 12.7. The van der Waals surface area contributed by atoms with Crippen LogP contribution in [0.25, 0.3) is 0 Å². The summed E-state index contributed by atoms with van der Waals surface area (Å²) in [5.41, 5.74) is 2.57. The van der Waals surface area contributed by atoms with E-state index in [1.807, 2.05) is 26.1 Å². The monoisotopic (exact) mass is 271 g/mol. The van der Waals surface area contributed by atoms with Crippen LogP contribution in [0.5, 0.6) is 11.6 Å². The maximum Gasteiger partial charge on any atom is 0.224 e. The summed E-state index contributed by atoms with van der Waals surface area (Å²) in [6.45, 7) is 8.33. The SMILES string of the molecule is CNc1cc(Oc2ccc(C(C)C)c(C)c2)nc(C)n1. The second-order valence-corrected chi connectivity index (χ2v) is 5.16. The number of aryl methyl sites for hydroxylation is 2. The van der Waals surface area contributed by atoms with Gasteiger partial charge in [0, 0.05) is 13.1 Å². The van der Waals surface area contributed by atoms with Crippen LogP contribution in [-0.4, -0.2) is 17.0 Å². The predicted molar refractivity (Wildman–Crippen MR) is 81.7 cm³/mol. The highest BCUT2D eigenvalue weighted by molar-refractivity contribution is 5.41. The Balaban J connectivity index is 2.26. The lowest BCUT2D eigenvalue weighted by atomic mass is 9.98. The molecule has 0 saturated carbocycles. The Hall–Kier alpha value is -2.10. The molecule has 106 valence electrons. The highest BCUT2D eigenvalue weighted by Crippen LogP contribution is 2.27. The Morgan fingerprint density at radius 3 is 2.45 bits per heavy atom. The minimum atomic E-state index is 0.515. The first-order valence-corrected chi connectivity index (χ1v) is 6.81. The van der Waals surface area contributed by atoms with Crippen molar-refractivity contribution in [2.75, 3.05) is 12.4 Å². The molecule has 4 heteroatoms. The quantitative estimate of drug-likeness (QED) is 0.911. The van der Waals surface area contributed by atoms with Gasteiger partial charge in [-0.05, 0) is 43.0 Å². The van der Waals surface area contributed by atoms with Gasteiger partial charge in [-0.15, -0.1) is 0 Å². The van der Waals surface area contributed by atoms with Crippen molar-refractivity contribution in [3.8, 4) is 11.6 Å². The van der Waals surface area contributed by atoms with Crippen LogP contribution in [0.15, 0.2) is 24.3 Å². The van der Waals surface area contributed by atoms with Crippen molar-refractivity contribution in [3.05, 3.63) is 41.2 Å². The van der Waals surface area contributed by atoms with Crippen LogP contribution in [0.2, 0.25) is 0 Å². The van der Waals surface area contributed by atoms with Gasteiger partial charge in [-0.1, -0.05) is 19.9 Å². The average molecular weight is 271 g/mol. The van der Waals surface area contributed by atoms with Gasteiger partial charge in [0.1, 0.15) is 17.4 Å². The average Bonchev–Trinajstić information content (AvgIpc) is 2.37. The molecule has 0 aliphatic carbocycles. The van der Waals surface area contributed by atoms with E-state index in [2.05, 4.69) is 42.1 Å². The molecule has 0 atom stereocenters. The summed E-state index contributed by atoms with van der Waals surface area (Å²) in [5, 5.41) is 3.00. The largest absolute Gasteiger partial charge is 0.439 e. The summed E-state index contributed by atoms with van der Waals surface area (Å²) in [4.78, 5) is 8.54. The van der Waals surface area contributed by atoms with Crippen molar-refractivity contribution in [3.63, 3.8) is 0 Å². The number of nitrogens with one attached hydrogen (secondary N) is 1. The van der Waals surface area contributed by atoms with Crippen LogP contribution in [0.1, 0.15) is 36.7 Å². The van der Waals surface area contributed by atoms with Gasteiger partial charge in [-0.2, -0.15) is 4.98 Å². The fourth-order valence-corrected chi connectivity index (χ4v) is 2.20. The third-order valence-corrected chi connectivity index (χ3v) is 3.16. The third-order valence-electron chi connectivity index (χ3n) is 3.16. The van der Waals surface area contributed by atoms with Crippen LogP contribution in [0.3, 0.4) is 0 Å². The number of hydrogen-bond donors (Lipinski definition) is 1. The van der Waals surface area contributed by atoms with E-state index >= 15 is 0 Å². The van der Waals surface area contributed by atoms with Crippen LogP contribution >= 0.6 is 0 Å². The van der Waals surface area contributed by atoms with Crippen LogP contribution in [0, 0.1) is 13.8 Å². The number of ether oxygens (including phenoxy) is 1. The molecule has 0 saturated heterocycles. The van der Waals surface area contributed by atoms with Gasteiger partial charge in [0.05, 0.1) is 0 Å². The molecular formula is C16H21N3O. The molecule has 20 heavy (non-hydrogen) atoms. The first-order valence-electron chi connectivity index (χ1n) is 6.81. The van der Waals surface area contributed by atoms with Gasteiger partial charge < -0.3 is 10.1 Å². The first-order chi connectivity index (χ1) is 9.49. The summed E-state index contributed by atoms with van der Waals surface area (Å²) in [6, 6.07) is 7.94. The lowest BCUT2D eigenvalue weighted by molar-refractivity contribution is 0.459. The molecule has 0 spiro atoms. The standard InChI is InChI=1S/C16H21N3O/c1-10(2)14-7-6-13(8-11(14)3)20-16-9-15(17-5)18-12(4)19-16/h6-10H,1-5H3,(H,17,18,19). The van der Waals surface area contributed by atoms with Gasteiger partial charge >= 0.3 is 0 Å². The van der Waals surface area contributed by atoms with Crippen LogP contribution < -0.4 is 10.1 Å². The molecule has 0 unspecified atom stereocenters. The van der Waals surface area contributed by atoms with E-state index in [1.54, 1.807) is 6.07 Å². The molecule has 1 heterocycles. The Bertz CT molecular complexity index is 609. The molecule has 1 aromatic heterocycles. The zero-order chi connectivity index (χ0) is 14.7. The zero-order valence-corrected chi connectivity index (χ0v) is 12.7. The maximum absolute atomic E-state index is 5.83. The first kappa shape index (κ1) is 14.3. The molecule has 4 nitrogen and oxygen atoms in total. The molecule has 2 rings (SSSR count). The molecule has 1 N–H and O–H groups in total. The van der Waals surface area contributed by atoms with Crippen LogP contribution in [0.4, 0.5) is 5.82 Å². The van der Waals surface area contributed by atoms with Crippen molar-refractivity contribution >= 4 is 5.82 Å². The van der Waals surface area contributed by atoms with E-state index in [4.69, 9.17) is 4.74 Å². The molecule has 0 radical (unpaired) electrons. The molecular weight excluding hydrogens is 250 g/mol. The Labute approximate surface area is 120 Å². The Morgan fingerprint density at radius 1 is 1.10 bits per heavy atom. The van der Waals surface area contributed by atoms with E-state index < -0.39 is 0 Å². The van der Waals surface area contributed by atoms with Crippen molar-refractivity contribution in [2.24, 2.45) is 0 Å². The molecule has 0 amide bonds. The van der Waals surface area contributed by atoms with Crippen LogP contribution in [-0.2, 0) is 0 Å². The highest BCUT2D eigenvalue weighted by Gasteiger charge is 2.07. The fourth-order valence-electron chi connectivity index (χ4n) is 2.20. The van der Waals surface area contributed by atoms with Crippen molar-refractivity contribution in [2.45, 2.75) is 33.6 Å². The summed E-state index contributed by atoms with van der Waals surface area (Å²) in [7, 11) is 1.83. The number of hydrogen-bond acceptors (Lipinski definition) is 4. The van der Waals surface area contributed by atoms with E-state index in [0.717, 1.165) is 11.6 Å². The lowest BCUT2D eigenvalue weighted by Crippen LogP contribution is -1.99. The number of nitrogens with zero attached hydrogens (tertiary/aromatic N) is 2. The van der Waals surface area contributed by atoms with Gasteiger partial charge in [0.15, 0.2) is 0 Å². The fraction of sp³-hybridized carbons (Fsp3) is 0.375. The van der Waals surface area contributed by atoms with E-state index in [9.17, 15) is 0 Å². The molecule has 0 fully saturated rings. The van der Waals surface area contributed by atoms with Crippen molar-refractivity contribution in [1.82, 2.24) is 9.97 Å². The minimum absolute atomic E-state index is 0.515. The minimum Gasteiger partial charge on any atom is -0.439 e. The van der Waals surface area contributed by atoms with Crippen molar-refractivity contribution < 1.29 is 4.74 Å². The van der Waals surface area contributed by atoms with Gasteiger partial charge in [0.2, 0.25) is 5.88 Å². The van der Waals surface area contributed by atoms with Gasteiger partial charge in [-0.3, -0.25) is 0 Å².